The van der Waals surface area contributed by atoms with Gasteiger partial charge < -0.3 is 10.2 Å². The van der Waals surface area contributed by atoms with Gasteiger partial charge in [0.2, 0.25) is 11.8 Å². The number of hydrogen-bond donors (Lipinski definition) is 1. The highest BCUT2D eigenvalue weighted by molar-refractivity contribution is 7.92. The van der Waals surface area contributed by atoms with Crippen molar-refractivity contribution in [3.05, 3.63) is 95.6 Å². The Morgan fingerprint density at radius 1 is 0.846 bits per heavy atom. The molecule has 3 rings (SSSR count). The first-order valence-electron chi connectivity index (χ1n) is 13.4. The Labute approximate surface area is 232 Å². The summed E-state index contributed by atoms with van der Waals surface area (Å²) in [5.74, 6) is -0.705. The second-order valence-corrected chi connectivity index (χ2v) is 11.8. The highest BCUT2D eigenvalue weighted by atomic mass is 32.2. The van der Waals surface area contributed by atoms with Crippen LogP contribution in [0.4, 0.5) is 5.69 Å². The van der Waals surface area contributed by atoms with Crippen LogP contribution in [0.2, 0.25) is 0 Å². The third-order valence-electron chi connectivity index (χ3n) is 6.76. The van der Waals surface area contributed by atoms with Crippen molar-refractivity contribution in [1.29, 1.82) is 0 Å². The molecule has 208 valence electrons. The predicted octanol–water partition coefficient (Wildman–Crippen LogP) is 5.22. The Balaban J connectivity index is 2.04. The fourth-order valence-corrected chi connectivity index (χ4v) is 5.71. The van der Waals surface area contributed by atoms with E-state index >= 15 is 0 Å². The number of sulfonamides is 1. The van der Waals surface area contributed by atoms with Crippen LogP contribution in [0.5, 0.6) is 0 Å². The van der Waals surface area contributed by atoms with E-state index in [2.05, 4.69) is 5.32 Å². The van der Waals surface area contributed by atoms with E-state index in [9.17, 15) is 18.0 Å². The molecule has 0 unspecified atom stereocenters. The van der Waals surface area contributed by atoms with Crippen molar-refractivity contribution in [2.45, 2.75) is 71.0 Å². The van der Waals surface area contributed by atoms with E-state index in [-0.39, 0.29) is 23.4 Å². The summed E-state index contributed by atoms with van der Waals surface area (Å²) in [6.07, 6.45) is 1.14. The van der Waals surface area contributed by atoms with Crippen LogP contribution in [0.15, 0.2) is 83.8 Å². The molecule has 0 radical (unpaired) electrons. The molecule has 39 heavy (non-hydrogen) atoms. The standard InChI is InChI=1S/C31H39N3O4S/c1-6-25(5)32-31(36)29(7-2)33(21-26-18-16-23(3)17-19-26)30(35)22-34(27-13-11-12-24(4)20-27)39(37,38)28-14-9-8-10-15-28/h8-20,25,29H,6-7,21-22H2,1-5H3,(H,32,36)/t25-,29-/m1/s1. The van der Waals surface area contributed by atoms with Gasteiger partial charge in [0.15, 0.2) is 0 Å². The first kappa shape index (κ1) is 29.9. The summed E-state index contributed by atoms with van der Waals surface area (Å²) < 4.78 is 28.8. The molecule has 0 aliphatic rings. The van der Waals surface area contributed by atoms with E-state index in [1.165, 1.54) is 17.0 Å². The van der Waals surface area contributed by atoms with E-state index in [0.29, 0.717) is 12.1 Å². The van der Waals surface area contributed by atoms with Gasteiger partial charge in [-0.2, -0.15) is 0 Å². The third kappa shape index (κ3) is 7.69. The topological polar surface area (TPSA) is 86.8 Å². The van der Waals surface area contributed by atoms with Crippen LogP contribution in [0.1, 0.15) is 50.3 Å². The largest absolute Gasteiger partial charge is 0.352 e. The quantitative estimate of drug-likeness (QED) is 0.336. The van der Waals surface area contributed by atoms with Crippen molar-refractivity contribution in [2.75, 3.05) is 10.8 Å². The molecule has 3 aromatic carbocycles. The number of benzene rings is 3. The Bertz CT molecular complexity index is 1360. The summed E-state index contributed by atoms with van der Waals surface area (Å²) in [5, 5.41) is 2.99. The second-order valence-electron chi connectivity index (χ2n) is 9.91. The average Bonchev–Trinajstić information content (AvgIpc) is 2.92. The Hall–Kier alpha value is -3.65. The summed E-state index contributed by atoms with van der Waals surface area (Å²) in [7, 11) is -4.07. The minimum Gasteiger partial charge on any atom is -0.352 e. The number of hydrogen-bond acceptors (Lipinski definition) is 4. The van der Waals surface area contributed by atoms with Gasteiger partial charge in [0.05, 0.1) is 10.6 Å². The number of aryl methyl sites for hydroxylation is 2. The Morgan fingerprint density at radius 2 is 1.51 bits per heavy atom. The van der Waals surface area contributed by atoms with E-state index in [1.807, 2.05) is 65.0 Å². The number of rotatable bonds is 12. The molecule has 1 N–H and O–H groups in total. The van der Waals surface area contributed by atoms with Gasteiger partial charge in [-0.3, -0.25) is 13.9 Å². The fraction of sp³-hybridized carbons (Fsp3) is 0.355. The van der Waals surface area contributed by atoms with E-state index in [0.717, 1.165) is 27.4 Å². The van der Waals surface area contributed by atoms with Gasteiger partial charge in [0, 0.05) is 12.6 Å². The molecule has 2 atom stereocenters. The molecule has 0 aliphatic heterocycles. The van der Waals surface area contributed by atoms with Gasteiger partial charge in [0.1, 0.15) is 12.6 Å². The molecular weight excluding hydrogens is 510 g/mol. The molecule has 0 aromatic heterocycles. The lowest BCUT2D eigenvalue weighted by Gasteiger charge is -2.33. The van der Waals surface area contributed by atoms with E-state index in [1.54, 1.807) is 36.4 Å². The van der Waals surface area contributed by atoms with Crippen molar-refractivity contribution in [3.63, 3.8) is 0 Å². The van der Waals surface area contributed by atoms with Crippen molar-refractivity contribution in [1.82, 2.24) is 10.2 Å². The van der Waals surface area contributed by atoms with Crippen LogP contribution in [0.3, 0.4) is 0 Å². The lowest BCUT2D eigenvalue weighted by Crippen LogP contribution is -2.53. The maximum absolute atomic E-state index is 14.1. The zero-order chi connectivity index (χ0) is 28.6. The van der Waals surface area contributed by atoms with Crippen LogP contribution < -0.4 is 9.62 Å². The number of carbonyl (C=O) groups is 2. The zero-order valence-corrected chi connectivity index (χ0v) is 24.2. The zero-order valence-electron chi connectivity index (χ0n) is 23.4. The first-order chi connectivity index (χ1) is 18.6. The molecule has 8 heteroatoms. The number of carbonyl (C=O) groups excluding carboxylic acids is 2. The van der Waals surface area contributed by atoms with Crippen molar-refractivity contribution >= 4 is 27.5 Å². The van der Waals surface area contributed by atoms with Gasteiger partial charge in [-0.15, -0.1) is 0 Å². The molecule has 0 saturated heterocycles. The monoisotopic (exact) mass is 549 g/mol. The van der Waals surface area contributed by atoms with Gasteiger partial charge in [-0.25, -0.2) is 8.42 Å². The number of nitrogens with zero attached hydrogens (tertiary/aromatic N) is 2. The lowest BCUT2D eigenvalue weighted by molar-refractivity contribution is -0.140. The van der Waals surface area contributed by atoms with Crippen molar-refractivity contribution in [2.24, 2.45) is 0 Å². The third-order valence-corrected chi connectivity index (χ3v) is 8.55. The van der Waals surface area contributed by atoms with Gasteiger partial charge in [-0.05, 0) is 69.0 Å². The van der Waals surface area contributed by atoms with E-state index < -0.39 is 28.5 Å². The highest BCUT2D eigenvalue weighted by Crippen LogP contribution is 2.25. The minimum absolute atomic E-state index is 0.0508. The molecule has 0 bridgehead atoms. The second kappa shape index (κ2) is 13.4. The van der Waals surface area contributed by atoms with E-state index in [4.69, 9.17) is 0 Å². The molecule has 2 amide bonds. The minimum atomic E-state index is -4.07. The van der Waals surface area contributed by atoms with Crippen LogP contribution in [0.25, 0.3) is 0 Å². The molecule has 0 saturated carbocycles. The average molecular weight is 550 g/mol. The highest BCUT2D eigenvalue weighted by Gasteiger charge is 2.34. The summed E-state index contributed by atoms with van der Waals surface area (Å²) in [6, 6.07) is 22.1. The maximum Gasteiger partial charge on any atom is 0.264 e. The predicted molar refractivity (Wildman–Crippen MR) is 156 cm³/mol. The molecule has 7 nitrogen and oxygen atoms in total. The molecule has 0 spiro atoms. The first-order valence-corrected chi connectivity index (χ1v) is 14.8. The summed E-state index contributed by atoms with van der Waals surface area (Å²) in [6.45, 7) is 9.34. The van der Waals surface area contributed by atoms with Gasteiger partial charge >= 0.3 is 0 Å². The normalized spacial score (nSPS) is 12.8. The van der Waals surface area contributed by atoms with Gasteiger partial charge in [0.25, 0.3) is 10.0 Å². The molecular formula is C31H39N3O4S. The smallest absolute Gasteiger partial charge is 0.264 e. The summed E-state index contributed by atoms with van der Waals surface area (Å²) >= 11 is 0. The number of nitrogens with one attached hydrogen (secondary N) is 1. The van der Waals surface area contributed by atoms with Crippen molar-refractivity contribution < 1.29 is 18.0 Å². The van der Waals surface area contributed by atoms with Crippen molar-refractivity contribution in [3.8, 4) is 0 Å². The molecule has 0 heterocycles. The van der Waals surface area contributed by atoms with Gasteiger partial charge in [-0.1, -0.05) is 74.0 Å². The summed E-state index contributed by atoms with van der Waals surface area (Å²) in [5.41, 5.74) is 3.19. The SMILES string of the molecule is CC[C@@H](C)NC(=O)[C@@H](CC)N(Cc1ccc(C)cc1)C(=O)CN(c1cccc(C)c1)S(=O)(=O)c1ccccc1. The Kier molecular flexibility index (Phi) is 10.3. The van der Waals surface area contributed by atoms with Crippen LogP contribution in [0, 0.1) is 13.8 Å². The lowest BCUT2D eigenvalue weighted by atomic mass is 10.1. The molecule has 0 fully saturated rings. The Morgan fingerprint density at radius 3 is 2.10 bits per heavy atom. The summed E-state index contributed by atoms with van der Waals surface area (Å²) in [4.78, 5) is 29.0. The maximum atomic E-state index is 14.1. The molecule has 0 aliphatic carbocycles. The van der Waals surface area contributed by atoms with Crippen LogP contribution in [-0.4, -0.2) is 43.8 Å². The van der Waals surface area contributed by atoms with Crippen LogP contribution >= 0.6 is 0 Å². The number of anilines is 1. The fourth-order valence-electron chi connectivity index (χ4n) is 4.28. The number of amides is 2. The van der Waals surface area contributed by atoms with Crippen LogP contribution in [-0.2, 0) is 26.2 Å². The molecule has 3 aromatic rings.